The Bertz CT molecular complexity index is 1040. The molecule has 154 valence electrons. The van der Waals surface area contributed by atoms with Crippen LogP contribution in [0.3, 0.4) is 0 Å². The maximum atomic E-state index is 12.8. The zero-order valence-corrected chi connectivity index (χ0v) is 17.1. The van der Waals surface area contributed by atoms with E-state index in [-0.39, 0.29) is 17.9 Å². The van der Waals surface area contributed by atoms with E-state index in [1.54, 1.807) is 7.11 Å². The van der Waals surface area contributed by atoms with Crippen molar-refractivity contribution >= 4 is 5.91 Å². The highest BCUT2D eigenvalue weighted by molar-refractivity contribution is 5.80. The van der Waals surface area contributed by atoms with E-state index < -0.39 is 0 Å². The maximum absolute atomic E-state index is 12.8. The summed E-state index contributed by atoms with van der Waals surface area (Å²) >= 11 is 0. The fourth-order valence-electron chi connectivity index (χ4n) is 4.64. The number of rotatable bonds is 6. The number of ether oxygens (including phenoxy) is 1. The zero-order valence-electron chi connectivity index (χ0n) is 17.1. The summed E-state index contributed by atoms with van der Waals surface area (Å²) in [6, 6.07) is 16.6. The second-order valence-corrected chi connectivity index (χ2v) is 8.09. The molecule has 6 nitrogen and oxygen atoms in total. The fourth-order valence-corrected chi connectivity index (χ4v) is 4.64. The number of hydrogen-bond acceptors (Lipinski definition) is 5. The first kappa shape index (κ1) is 18.9. The topological polar surface area (TPSA) is 68.5 Å². The first-order valence-corrected chi connectivity index (χ1v) is 10.5. The Hall–Kier alpha value is -3.15. The molecule has 2 unspecified atom stereocenters. The van der Waals surface area contributed by atoms with Crippen LogP contribution >= 0.6 is 0 Å². The monoisotopic (exact) mass is 403 g/mol. The number of aryl methyl sites for hydroxylation is 3. The number of aromatic nitrogens is 2. The van der Waals surface area contributed by atoms with E-state index in [2.05, 4.69) is 34.4 Å². The van der Waals surface area contributed by atoms with Gasteiger partial charge in [0.25, 0.3) is 0 Å². The van der Waals surface area contributed by atoms with Crippen LogP contribution in [0.4, 0.5) is 0 Å². The molecule has 0 N–H and O–H groups in total. The van der Waals surface area contributed by atoms with Gasteiger partial charge in [-0.3, -0.25) is 4.79 Å². The van der Waals surface area contributed by atoms with Gasteiger partial charge in [0.2, 0.25) is 11.8 Å². The number of methoxy groups -OCH3 is 1. The Balaban J connectivity index is 1.23. The third-order valence-corrected chi connectivity index (χ3v) is 6.27. The minimum atomic E-state index is 0.00347. The second kappa shape index (κ2) is 7.94. The van der Waals surface area contributed by atoms with E-state index in [1.165, 1.54) is 16.7 Å². The van der Waals surface area contributed by atoms with Crippen molar-refractivity contribution in [3.05, 3.63) is 76.9 Å². The van der Waals surface area contributed by atoms with Gasteiger partial charge in [0.1, 0.15) is 5.75 Å². The lowest BCUT2D eigenvalue weighted by Gasteiger charge is -2.25. The molecule has 0 saturated carbocycles. The largest absolute Gasteiger partial charge is 0.497 e. The van der Waals surface area contributed by atoms with Gasteiger partial charge in [-0.25, -0.2) is 0 Å². The molecule has 3 aromatic rings. The summed E-state index contributed by atoms with van der Waals surface area (Å²) in [5.41, 5.74) is 3.84. The molecule has 1 fully saturated rings. The minimum absolute atomic E-state index is 0.00347. The lowest BCUT2D eigenvalue weighted by molar-refractivity contribution is -0.129. The molecule has 2 heterocycles. The molecular formula is C24H25N3O3. The third kappa shape index (κ3) is 3.58. The number of carbonyl (C=O) groups is 1. The van der Waals surface area contributed by atoms with Crippen molar-refractivity contribution in [1.82, 2.24) is 15.0 Å². The number of nitrogens with zero attached hydrogens (tertiary/aromatic N) is 3. The average Bonchev–Trinajstić information content (AvgIpc) is 3.50. The fraction of sp³-hybridized carbons (Fsp3) is 0.375. The minimum Gasteiger partial charge on any atom is -0.497 e. The number of hydrogen-bond donors (Lipinski definition) is 0. The van der Waals surface area contributed by atoms with Crippen LogP contribution < -0.4 is 4.74 Å². The molecule has 1 amide bonds. The van der Waals surface area contributed by atoms with Gasteiger partial charge < -0.3 is 14.2 Å². The second-order valence-electron chi connectivity index (χ2n) is 8.09. The molecule has 2 atom stereocenters. The van der Waals surface area contributed by atoms with Crippen molar-refractivity contribution in [1.29, 1.82) is 0 Å². The van der Waals surface area contributed by atoms with Crippen LogP contribution in [0.2, 0.25) is 0 Å². The highest BCUT2D eigenvalue weighted by atomic mass is 16.5. The Morgan fingerprint density at radius 3 is 2.80 bits per heavy atom. The lowest BCUT2D eigenvalue weighted by Crippen LogP contribution is -2.28. The summed E-state index contributed by atoms with van der Waals surface area (Å²) in [6.07, 6.45) is 3.99. The quantitative estimate of drug-likeness (QED) is 0.625. The standard InChI is InChI=1S/C24H25N3O3/c1-29-19-10-6-16(7-11-19)8-13-22-25-24(26-30-22)18-14-23(28)27(15-18)21-12-9-17-4-2-3-5-20(17)21/h2-7,10-11,18,21H,8-9,12-15H2,1H3. The van der Waals surface area contributed by atoms with Crippen molar-refractivity contribution in [2.75, 3.05) is 13.7 Å². The molecule has 1 aliphatic heterocycles. The van der Waals surface area contributed by atoms with Crippen molar-refractivity contribution in [3.8, 4) is 5.75 Å². The maximum Gasteiger partial charge on any atom is 0.226 e. The molecular weight excluding hydrogens is 378 g/mol. The van der Waals surface area contributed by atoms with Gasteiger partial charge in [0.15, 0.2) is 5.82 Å². The van der Waals surface area contributed by atoms with Gasteiger partial charge in [0.05, 0.1) is 13.2 Å². The molecule has 2 aliphatic rings. The number of benzene rings is 2. The Labute approximate surface area is 175 Å². The average molecular weight is 403 g/mol. The summed E-state index contributed by atoms with van der Waals surface area (Å²) in [4.78, 5) is 19.4. The van der Waals surface area contributed by atoms with Gasteiger partial charge in [0, 0.05) is 25.3 Å². The molecule has 1 saturated heterocycles. The highest BCUT2D eigenvalue weighted by Gasteiger charge is 2.39. The van der Waals surface area contributed by atoms with Crippen molar-refractivity contribution in [2.24, 2.45) is 0 Å². The predicted molar refractivity (Wildman–Crippen MR) is 111 cm³/mol. The molecule has 0 radical (unpaired) electrons. The van der Waals surface area contributed by atoms with Gasteiger partial charge in [-0.15, -0.1) is 0 Å². The number of fused-ring (bicyclic) bond motifs is 1. The van der Waals surface area contributed by atoms with E-state index in [0.717, 1.165) is 25.0 Å². The molecule has 1 aromatic heterocycles. The molecule has 1 aliphatic carbocycles. The van der Waals surface area contributed by atoms with E-state index in [4.69, 9.17) is 9.26 Å². The Kier molecular flexibility index (Phi) is 4.99. The summed E-state index contributed by atoms with van der Waals surface area (Å²) in [5, 5.41) is 4.19. The van der Waals surface area contributed by atoms with Crippen LogP contribution in [0.15, 0.2) is 53.1 Å². The van der Waals surface area contributed by atoms with Crippen LogP contribution in [0, 0.1) is 0 Å². The predicted octanol–water partition coefficient (Wildman–Crippen LogP) is 3.87. The lowest BCUT2D eigenvalue weighted by atomic mass is 10.1. The van der Waals surface area contributed by atoms with Crippen LogP contribution in [0.5, 0.6) is 5.75 Å². The van der Waals surface area contributed by atoms with E-state index in [0.29, 0.717) is 31.1 Å². The summed E-state index contributed by atoms with van der Waals surface area (Å²) in [7, 11) is 1.66. The molecule has 5 rings (SSSR count). The van der Waals surface area contributed by atoms with Gasteiger partial charge >= 0.3 is 0 Å². The van der Waals surface area contributed by atoms with E-state index in [9.17, 15) is 4.79 Å². The molecule has 6 heteroatoms. The molecule has 2 aromatic carbocycles. The normalized spacial score (nSPS) is 20.6. The number of amides is 1. The highest BCUT2D eigenvalue weighted by Crippen LogP contribution is 2.40. The summed E-state index contributed by atoms with van der Waals surface area (Å²) < 4.78 is 10.7. The SMILES string of the molecule is COc1ccc(CCc2nc(C3CC(=O)N(C4CCc5ccccc54)C3)no2)cc1. The van der Waals surface area contributed by atoms with Gasteiger partial charge in [-0.05, 0) is 48.1 Å². The smallest absolute Gasteiger partial charge is 0.226 e. The van der Waals surface area contributed by atoms with Crippen molar-refractivity contribution < 1.29 is 14.1 Å². The third-order valence-electron chi connectivity index (χ3n) is 6.27. The van der Waals surface area contributed by atoms with Crippen LogP contribution in [-0.2, 0) is 24.1 Å². The Morgan fingerprint density at radius 2 is 1.97 bits per heavy atom. The number of likely N-dealkylation sites (tertiary alicyclic amines) is 1. The van der Waals surface area contributed by atoms with Crippen LogP contribution in [0.25, 0.3) is 0 Å². The molecule has 0 bridgehead atoms. The first-order chi connectivity index (χ1) is 14.7. The van der Waals surface area contributed by atoms with Gasteiger partial charge in [-0.1, -0.05) is 41.6 Å². The number of carbonyl (C=O) groups excluding carboxylic acids is 1. The van der Waals surface area contributed by atoms with Gasteiger partial charge in [-0.2, -0.15) is 4.98 Å². The van der Waals surface area contributed by atoms with Crippen molar-refractivity contribution in [3.63, 3.8) is 0 Å². The Morgan fingerprint density at radius 1 is 1.13 bits per heavy atom. The van der Waals surface area contributed by atoms with E-state index in [1.807, 2.05) is 29.2 Å². The summed E-state index contributed by atoms with van der Waals surface area (Å²) in [6.45, 7) is 0.662. The van der Waals surface area contributed by atoms with Crippen molar-refractivity contribution in [2.45, 2.75) is 44.1 Å². The van der Waals surface area contributed by atoms with E-state index >= 15 is 0 Å². The molecule has 0 spiro atoms. The zero-order chi connectivity index (χ0) is 20.5. The molecule has 30 heavy (non-hydrogen) atoms. The van der Waals surface area contributed by atoms with Crippen LogP contribution in [-0.4, -0.2) is 34.6 Å². The van der Waals surface area contributed by atoms with Crippen LogP contribution in [0.1, 0.15) is 53.2 Å². The summed E-state index contributed by atoms with van der Waals surface area (Å²) in [5.74, 6) is 2.31. The first-order valence-electron chi connectivity index (χ1n) is 10.5.